The van der Waals surface area contributed by atoms with Crippen LogP contribution in [-0.2, 0) is 6.54 Å². The highest BCUT2D eigenvalue weighted by molar-refractivity contribution is 9.10. The molecule has 0 aliphatic heterocycles. The molecule has 2 aromatic carbocycles. The van der Waals surface area contributed by atoms with Gasteiger partial charge in [-0.1, -0.05) is 28.1 Å². The molecule has 4 rings (SSSR count). The van der Waals surface area contributed by atoms with Gasteiger partial charge in [-0.3, -0.25) is 0 Å². The largest absolute Gasteiger partial charge is 0.497 e. The van der Waals surface area contributed by atoms with Crippen LogP contribution in [0.4, 0.5) is 23.5 Å². The summed E-state index contributed by atoms with van der Waals surface area (Å²) in [6, 6.07) is 18.9. The minimum absolute atomic E-state index is 0.284. The van der Waals surface area contributed by atoms with Crippen LogP contribution in [0.25, 0.3) is 0 Å². The molecule has 0 fully saturated rings. The number of nitrogens with zero attached hydrogens (tertiary/aromatic N) is 4. The Labute approximate surface area is 193 Å². The van der Waals surface area contributed by atoms with Crippen molar-refractivity contribution in [1.82, 2.24) is 15.0 Å². The Kier molecular flexibility index (Phi) is 6.93. The Morgan fingerprint density at radius 1 is 0.969 bits per heavy atom. The fourth-order valence-corrected chi connectivity index (χ4v) is 2.92. The average molecular weight is 494 g/mol. The predicted octanol–water partition coefficient (Wildman–Crippen LogP) is 5.04. The van der Waals surface area contributed by atoms with Gasteiger partial charge in [-0.05, 0) is 54.1 Å². The maximum atomic E-state index is 5.35. The number of hydrazone groups is 1. The second-order valence-electron chi connectivity index (χ2n) is 6.51. The molecule has 0 saturated carbocycles. The minimum atomic E-state index is 0.284. The fourth-order valence-electron chi connectivity index (χ4n) is 2.66. The van der Waals surface area contributed by atoms with Gasteiger partial charge >= 0.3 is 0 Å². The van der Waals surface area contributed by atoms with E-state index >= 15 is 0 Å². The van der Waals surface area contributed by atoms with Crippen LogP contribution in [0.15, 0.2) is 80.9 Å². The van der Waals surface area contributed by atoms with Gasteiger partial charge in [0, 0.05) is 10.2 Å². The highest BCUT2D eigenvalue weighted by Gasteiger charge is 2.08. The van der Waals surface area contributed by atoms with Crippen molar-refractivity contribution in [3.63, 3.8) is 0 Å². The lowest BCUT2D eigenvalue weighted by atomic mass is 10.2. The Hall–Kier alpha value is -3.92. The Morgan fingerprint density at radius 3 is 2.44 bits per heavy atom. The first-order chi connectivity index (χ1) is 15.7. The van der Waals surface area contributed by atoms with Crippen LogP contribution in [0.5, 0.6) is 5.75 Å². The van der Waals surface area contributed by atoms with E-state index < -0.39 is 0 Å². The lowest BCUT2D eigenvalue weighted by Gasteiger charge is -2.10. The molecule has 4 aromatic rings. The predicted molar refractivity (Wildman–Crippen MR) is 127 cm³/mol. The summed E-state index contributed by atoms with van der Waals surface area (Å²) in [4.78, 5) is 13.2. The molecule has 0 aliphatic rings. The number of methoxy groups -OCH3 is 1. The molecule has 0 aliphatic carbocycles. The fraction of sp³-hybridized carbons (Fsp3) is 0.0909. The quantitative estimate of drug-likeness (QED) is 0.219. The van der Waals surface area contributed by atoms with Crippen molar-refractivity contribution >= 4 is 45.7 Å². The van der Waals surface area contributed by atoms with Gasteiger partial charge in [0.25, 0.3) is 0 Å². The number of halogens is 1. The molecule has 32 heavy (non-hydrogen) atoms. The number of hydrogen-bond acceptors (Lipinski definition) is 9. The van der Waals surface area contributed by atoms with Gasteiger partial charge < -0.3 is 19.8 Å². The van der Waals surface area contributed by atoms with Crippen LogP contribution in [0.3, 0.4) is 0 Å². The molecule has 0 spiro atoms. The van der Waals surface area contributed by atoms with Crippen LogP contribution in [0, 0.1) is 0 Å². The third-order valence-electron chi connectivity index (χ3n) is 4.23. The monoisotopic (exact) mass is 493 g/mol. The normalized spacial score (nSPS) is 10.8. The number of anilines is 4. The highest BCUT2D eigenvalue weighted by Crippen LogP contribution is 2.19. The van der Waals surface area contributed by atoms with E-state index in [1.807, 2.05) is 60.7 Å². The summed E-state index contributed by atoms with van der Waals surface area (Å²) in [6.45, 7) is 0.431. The first kappa shape index (κ1) is 21.3. The molecule has 2 heterocycles. The first-order valence-electron chi connectivity index (χ1n) is 9.66. The molecule has 10 heteroatoms. The molecule has 0 radical (unpaired) electrons. The van der Waals surface area contributed by atoms with Gasteiger partial charge in [0.1, 0.15) is 11.5 Å². The molecular weight excluding hydrogens is 474 g/mol. The van der Waals surface area contributed by atoms with E-state index in [1.54, 1.807) is 19.6 Å². The summed E-state index contributed by atoms with van der Waals surface area (Å²) in [5.74, 6) is 2.53. The molecular formula is C22H20BrN7O2. The minimum Gasteiger partial charge on any atom is -0.497 e. The summed E-state index contributed by atoms with van der Waals surface area (Å²) in [7, 11) is 1.62. The van der Waals surface area contributed by atoms with E-state index in [0.717, 1.165) is 27.2 Å². The van der Waals surface area contributed by atoms with Gasteiger partial charge in [0.15, 0.2) is 0 Å². The second-order valence-corrected chi connectivity index (χ2v) is 7.43. The number of aromatic nitrogens is 3. The molecule has 0 atom stereocenters. The zero-order valence-corrected chi connectivity index (χ0v) is 18.7. The number of ether oxygens (including phenoxy) is 1. The van der Waals surface area contributed by atoms with E-state index in [9.17, 15) is 0 Å². The van der Waals surface area contributed by atoms with Crippen molar-refractivity contribution < 1.29 is 9.15 Å². The number of benzene rings is 2. The Bertz CT molecular complexity index is 1160. The van der Waals surface area contributed by atoms with Crippen molar-refractivity contribution in [2.75, 3.05) is 23.2 Å². The Morgan fingerprint density at radius 2 is 1.72 bits per heavy atom. The summed E-state index contributed by atoms with van der Waals surface area (Å²) < 4.78 is 11.5. The van der Waals surface area contributed by atoms with Crippen LogP contribution in [-0.4, -0.2) is 28.3 Å². The number of furan rings is 1. The van der Waals surface area contributed by atoms with Crippen LogP contribution in [0.1, 0.15) is 11.3 Å². The van der Waals surface area contributed by atoms with Crippen molar-refractivity contribution in [2.45, 2.75) is 6.54 Å². The van der Waals surface area contributed by atoms with Gasteiger partial charge in [0.05, 0.1) is 26.1 Å². The summed E-state index contributed by atoms with van der Waals surface area (Å²) >= 11 is 3.42. The molecule has 0 saturated heterocycles. The second kappa shape index (κ2) is 10.4. The lowest BCUT2D eigenvalue weighted by molar-refractivity contribution is 0.415. The highest BCUT2D eigenvalue weighted by atomic mass is 79.9. The topological polar surface area (TPSA) is 109 Å². The summed E-state index contributed by atoms with van der Waals surface area (Å²) in [5.41, 5.74) is 4.59. The van der Waals surface area contributed by atoms with E-state index in [2.05, 4.69) is 52.0 Å². The van der Waals surface area contributed by atoms with Gasteiger partial charge in [-0.15, -0.1) is 0 Å². The van der Waals surface area contributed by atoms with Gasteiger partial charge in [-0.2, -0.15) is 20.1 Å². The van der Waals surface area contributed by atoms with Crippen LogP contribution < -0.4 is 20.8 Å². The van der Waals surface area contributed by atoms with E-state index in [0.29, 0.717) is 18.4 Å². The van der Waals surface area contributed by atoms with Crippen molar-refractivity contribution in [3.8, 4) is 5.75 Å². The zero-order valence-electron chi connectivity index (χ0n) is 17.1. The number of nitrogens with one attached hydrogen (secondary N) is 3. The van der Waals surface area contributed by atoms with E-state index in [1.165, 1.54) is 0 Å². The lowest BCUT2D eigenvalue weighted by Crippen LogP contribution is -2.09. The van der Waals surface area contributed by atoms with Crippen molar-refractivity contribution in [3.05, 3.63) is 82.7 Å². The van der Waals surface area contributed by atoms with Crippen LogP contribution in [0.2, 0.25) is 0 Å². The van der Waals surface area contributed by atoms with Gasteiger partial charge in [0.2, 0.25) is 17.8 Å². The maximum Gasteiger partial charge on any atom is 0.250 e. The molecule has 162 valence electrons. The number of rotatable bonds is 9. The SMILES string of the molecule is COc1ccc(Nc2nc(NCc3ccco3)nc(N/N=C/c3ccc(Br)cc3)n2)cc1. The number of hydrogen-bond donors (Lipinski definition) is 3. The third kappa shape index (κ3) is 6.05. The zero-order chi connectivity index (χ0) is 22.2. The molecule has 0 unspecified atom stereocenters. The molecule has 0 amide bonds. The van der Waals surface area contributed by atoms with E-state index in [4.69, 9.17) is 9.15 Å². The third-order valence-corrected chi connectivity index (χ3v) is 4.76. The summed E-state index contributed by atoms with van der Waals surface area (Å²) in [5, 5.41) is 10.5. The average Bonchev–Trinajstić information content (AvgIpc) is 3.33. The Balaban J connectivity index is 1.51. The first-order valence-corrected chi connectivity index (χ1v) is 10.5. The maximum absolute atomic E-state index is 5.35. The molecule has 9 nitrogen and oxygen atoms in total. The smallest absolute Gasteiger partial charge is 0.250 e. The molecule has 3 N–H and O–H groups in total. The van der Waals surface area contributed by atoms with Crippen molar-refractivity contribution in [1.29, 1.82) is 0 Å². The standard InChI is InChI=1S/C22H20BrN7O2/c1-31-18-10-8-17(9-11-18)26-21-27-20(24-14-19-3-2-12-32-19)28-22(29-21)30-25-13-15-4-6-16(23)7-5-15/h2-13H,14H2,1H3,(H3,24,26,27,28,29,30)/b25-13+. The summed E-state index contributed by atoms with van der Waals surface area (Å²) in [6.07, 6.45) is 3.30. The molecule has 2 aromatic heterocycles. The van der Waals surface area contributed by atoms with E-state index in [-0.39, 0.29) is 5.95 Å². The van der Waals surface area contributed by atoms with Crippen molar-refractivity contribution in [2.24, 2.45) is 5.10 Å². The molecule has 0 bridgehead atoms. The van der Waals surface area contributed by atoms with Crippen LogP contribution >= 0.6 is 15.9 Å². The van der Waals surface area contributed by atoms with Gasteiger partial charge in [-0.25, -0.2) is 5.43 Å².